The van der Waals surface area contributed by atoms with Crippen molar-refractivity contribution in [2.45, 2.75) is 19.4 Å². The van der Waals surface area contributed by atoms with Crippen LogP contribution >= 0.6 is 0 Å². The maximum atomic E-state index is 13.1. The van der Waals surface area contributed by atoms with Crippen LogP contribution < -0.4 is 5.73 Å². The van der Waals surface area contributed by atoms with E-state index in [0.717, 1.165) is 6.07 Å². The number of phenolic OH excluding ortho intramolecular Hbond substituents is 1. The average Bonchev–Trinajstić information content (AvgIpc) is 2.70. The summed E-state index contributed by atoms with van der Waals surface area (Å²) in [6.07, 6.45) is 0. The molecule has 90 valence electrons. The fourth-order valence-corrected chi connectivity index (χ4v) is 1.25. The molecule has 1 heterocycles. The summed E-state index contributed by atoms with van der Waals surface area (Å²) in [6, 6.07) is 3.86. The summed E-state index contributed by atoms with van der Waals surface area (Å²) >= 11 is 0. The second-order valence-corrected chi connectivity index (χ2v) is 4.31. The number of hydrogen-bond donors (Lipinski definition) is 2. The third-order valence-electron chi connectivity index (χ3n) is 2.18. The molecule has 0 atom stereocenters. The van der Waals surface area contributed by atoms with Crippen molar-refractivity contribution in [3.63, 3.8) is 0 Å². The molecule has 0 saturated carbocycles. The number of benzene rings is 1. The molecule has 0 spiro atoms. The maximum absolute atomic E-state index is 13.1. The first-order valence-electron chi connectivity index (χ1n) is 5.00. The van der Waals surface area contributed by atoms with Crippen LogP contribution in [0, 0.1) is 5.82 Å². The highest BCUT2D eigenvalue weighted by Gasteiger charge is 2.22. The van der Waals surface area contributed by atoms with Gasteiger partial charge in [0.05, 0.1) is 5.54 Å². The lowest BCUT2D eigenvalue weighted by Crippen LogP contribution is -2.28. The summed E-state index contributed by atoms with van der Waals surface area (Å²) in [4.78, 5) is 4.07. The molecule has 0 unspecified atom stereocenters. The van der Waals surface area contributed by atoms with E-state index in [4.69, 9.17) is 15.4 Å². The normalized spacial score (nSPS) is 11.8. The molecule has 6 heteroatoms. The molecule has 0 aliphatic rings. The van der Waals surface area contributed by atoms with E-state index in [9.17, 15) is 4.39 Å². The Morgan fingerprint density at radius 3 is 2.65 bits per heavy atom. The van der Waals surface area contributed by atoms with Gasteiger partial charge in [-0.05, 0) is 32.0 Å². The predicted octanol–water partition coefficient (Wildman–Crippen LogP) is 1.78. The lowest BCUT2D eigenvalue weighted by Gasteiger charge is -2.10. The van der Waals surface area contributed by atoms with Crippen LogP contribution in [0.3, 0.4) is 0 Å². The second-order valence-electron chi connectivity index (χ2n) is 4.31. The molecule has 5 nitrogen and oxygen atoms in total. The molecular weight excluding hydrogens is 225 g/mol. The first-order valence-corrected chi connectivity index (χ1v) is 5.00. The Labute approximate surface area is 97.1 Å². The molecule has 0 radical (unpaired) electrons. The van der Waals surface area contributed by atoms with Crippen LogP contribution in [0.2, 0.25) is 0 Å². The lowest BCUT2D eigenvalue weighted by molar-refractivity contribution is 0.312. The zero-order chi connectivity index (χ0) is 12.6. The third-order valence-corrected chi connectivity index (χ3v) is 2.18. The monoisotopic (exact) mass is 237 g/mol. The van der Waals surface area contributed by atoms with Gasteiger partial charge < -0.3 is 15.4 Å². The maximum Gasteiger partial charge on any atom is 0.246 e. The quantitative estimate of drug-likeness (QED) is 0.831. The Bertz CT molecular complexity index is 546. The summed E-state index contributed by atoms with van der Waals surface area (Å²) in [7, 11) is 0. The van der Waals surface area contributed by atoms with Gasteiger partial charge in [0.15, 0.2) is 11.6 Å². The number of nitrogens with zero attached hydrogens (tertiary/aromatic N) is 2. The Morgan fingerprint density at radius 2 is 2.12 bits per heavy atom. The molecule has 0 saturated heterocycles. The van der Waals surface area contributed by atoms with Gasteiger partial charge in [0.1, 0.15) is 0 Å². The highest BCUT2D eigenvalue weighted by atomic mass is 19.1. The van der Waals surface area contributed by atoms with Crippen LogP contribution in [-0.4, -0.2) is 15.2 Å². The molecule has 0 bridgehead atoms. The lowest BCUT2D eigenvalue weighted by atomic mass is 10.1. The van der Waals surface area contributed by atoms with Crippen LogP contribution in [-0.2, 0) is 5.54 Å². The van der Waals surface area contributed by atoms with Crippen LogP contribution in [0.4, 0.5) is 4.39 Å². The van der Waals surface area contributed by atoms with Gasteiger partial charge in [-0.15, -0.1) is 0 Å². The Kier molecular flexibility index (Phi) is 2.59. The second kappa shape index (κ2) is 3.81. The van der Waals surface area contributed by atoms with Crippen molar-refractivity contribution >= 4 is 0 Å². The van der Waals surface area contributed by atoms with E-state index in [1.807, 2.05) is 0 Å². The minimum atomic E-state index is -0.749. The summed E-state index contributed by atoms with van der Waals surface area (Å²) in [5.41, 5.74) is 5.46. The van der Waals surface area contributed by atoms with Crippen molar-refractivity contribution in [3.8, 4) is 17.1 Å². The molecule has 0 aliphatic carbocycles. The van der Waals surface area contributed by atoms with Gasteiger partial charge in [-0.2, -0.15) is 4.98 Å². The van der Waals surface area contributed by atoms with E-state index in [2.05, 4.69) is 10.1 Å². The first-order chi connectivity index (χ1) is 7.88. The molecule has 2 rings (SSSR count). The van der Waals surface area contributed by atoms with Gasteiger partial charge >= 0.3 is 0 Å². The molecule has 0 aliphatic heterocycles. The topological polar surface area (TPSA) is 85.2 Å². The standard InChI is InChI=1S/C11H12FN3O2/c1-11(2,13)10-14-9(15-17-10)6-3-4-8(16)7(12)5-6/h3-5,16H,13H2,1-2H3. The van der Waals surface area contributed by atoms with Crippen molar-refractivity contribution < 1.29 is 14.0 Å². The molecule has 2 aromatic rings. The van der Waals surface area contributed by atoms with E-state index in [1.54, 1.807) is 13.8 Å². The smallest absolute Gasteiger partial charge is 0.246 e. The highest BCUT2D eigenvalue weighted by Crippen LogP contribution is 2.24. The zero-order valence-electron chi connectivity index (χ0n) is 9.44. The van der Waals surface area contributed by atoms with E-state index in [-0.39, 0.29) is 11.7 Å². The molecule has 17 heavy (non-hydrogen) atoms. The van der Waals surface area contributed by atoms with E-state index >= 15 is 0 Å². The fourth-order valence-electron chi connectivity index (χ4n) is 1.25. The number of rotatable bonds is 2. The third kappa shape index (κ3) is 2.26. The van der Waals surface area contributed by atoms with Crippen molar-refractivity contribution in [2.75, 3.05) is 0 Å². The average molecular weight is 237 g/mol. The van der Waals surface area contributed by atoms with E-state index in [0.29, 0.717) is 5.56 Å². The number of phenols is 1. The Balaban J connectivity index is 2.40. The van der Waals surface area contributed by atoms with Crippen molar-refractivity contribution in [1.29, 1.82) is 0 Å². The number of halogens is 1. The zero-order valence-corrected chi connectivity index (χ0v) is 9.44. The molecule has 3 N–H and O–H groups in total. The number of aromatic hydroxyl groups is 1. The van der Waals surface area contributed by atoms with Crippen LogP contribution in [0.1, 0.15) is 19.7 Å². The molecular formula is C11H12FN3O2. The first kappa shape index (κ1) is 11.5. The molecule has 1 aromatic carbocycles. The van der Waals surface area contributed by atoms with Crippen molar-refractivity contribution in [2.24, 2.45) is 5.73 Å². The Morgan fingerprint density at radius 1 is 1.41 bits per heavy atom. The van der Waals surface area contributed by atoms with E-state index in [1.165, 1.54) is 12.1 Å². The molecule has 0 amide bonds. The number of hydrogen-bond acceptors (Lipinski definition) is 5. The van der Waals surface area contributed by atoms with Crippen LogP contribution in [0.5, 0.6) is 5.75 Å². The summed E-state index contributed by atoms with van der Waals surface area (Å²) in [5, 5.41) is 12.8. The van der Waals surface area contributed by atoms with E-state index < -0.39 is 17.1 Å². The van der Waals surface area contributed by atoms with Gasteiger partial charge in [0.2, 0.25) is 11.7 Å². The molecule has 1 aromatic heterocycles. The van der Waals surface area contributed by atoms with Crippen molar-refractivity contribution in [3.05, 3.63) is 29.9 Å². The SMILES string of the molecule is CC(C)(N)c1nc(-c2ccc(O)c(F)c2)no1. The predicted molar refractivity (Wildman–Crippen MR) is 58.6 cm³/mol. The summed E-state index contributed by atoms with van der Waals surface area (Å²) in [6.45, 7) is 3.45. The number of aromatic nitrogens is 2. The highest BCUT2D eigenvalue weighted by molar-refractivity contribution is 5.55. The van der Waals surface area contributed by atoms with Gasteiger partial charge in [0.25, 0.3) is 0 Å². The van der Waals surface area contributed by atoms with Crippen molar-refractivity contribution in [1.82, 2.24) is 10.1 Å². The minimum absolute atomic E-state index is 0.234. The Hall–Kier alpha value is -1.95. The van der Waals surface area contributed by atoms with Gasteiger partial charge in [-0.25, -0.2) is 4.39 Å². The number of nitrogens with two attached hydrogens (primary N) is 1. The largest absolute Gasteiger partial charge is 0.505 e. The summed E-state index contributed by atoms with van der Waals surface area (Å²) < 4.78 is 18.1. The molecule has 0 fully saturated rings. The fraction of sp³-hybridized carbons (Fsp3) is 0.273. The van der Waals surface area contributed by atoms with Crippen LogP contribution in [0.25, 0.3) is 11.4 Å². The summed E-state index contributed by atoms with van der Waals surface area (Å²) in [5.74, 6) is -0.657. The van der Waals surface area contributed by atoms with Gasteiger partial charge in [-0.3, -0.25) is 0 Å². The van der Waals surface area contributed by atoms with Crippen LogP contribution in [0.15, 0.2) is 22.7 Å². The van der Waals surface area contributed by atoms with Gasteiger partial charge in [-0.1, -0.05) is 5.16 Å². The van der Waals surface area contributed by atoms with Gasteiger partial charge in [0, 0.05) is 5.56 Å². The minimum Gasteiger partial charge on any atom is -0.505 e.